The largest absolute Gasteiger partial charge is 0.441 e. The van der Waals surface area contributed by atoms with Crippen LogP contribution in [-0.4, -0.2) is 57.4 Å². The molecule has 2 amide bonds. The first-order valence-electron chi connectivity index (χ1n) is 17.4. The molecule has 3 atom stereocenters. The smallest absolute Gasteiger partial charge is 0.351 e. The number of nitrogens with zero attached hydrogens (tertiary/aromatic N) is 9. The summed E-state index contributed by atoms with van der Waals surface area (Å²) < 4.78 is 5.32. The van der Waals surface area contributed by atoms with Gasteiger partial charge in [0.1, 0.15) is 12.3 Å². The summed E-state index contributed by atoms with van der Waals surface area (Å²) in [5.41, 5.74) is 4.78. The number of carbonyl (C=O) groups is 1. The highest BCUT2D eigenvalue weighted by Crippen LogP contribution is 2.47. The van der Waals surface area contributed by atoms with Crippen molar-refractivity contribution < 1.29 is 9.37 Å². The van der Waals surface area contributed by atoms with E-state index in [1.165, 1.54) is 12.8 Å². The Bertz CT molecular complexity index is 2000. The highest BCUT2D eigenvalue weighted by molar-refractivity contribution is 5.74. The third-order valence-electron chi connectivity index (χ3n) is 9.56. The van der Waals surface area contributed by atoms with Crippen molar-refractivity contribution in [2.24, 2.45) is 24.8 Å². The summed E-state index contributed by atoms with van der Waals surface area (Å²) in [6, 6.07) is 15.9. The SMILES string of the molecule is CCCC1C(CC/C=[N+](\C(=O)NCc2ccccc2)c2ccc(-c3cnn(C)c3)cn2)[C@@H]1Nc1ncc(C#N)c(-c2cnn(CC3CC3)c2)n1. The van der Waals surface area contributed by atoms with E-state index in [9.17, 15) is 10.1 Å². The molecular weight excluding hydrogens is 626 g/mol. The van der Waals surface area contributed by atoms with Gasteiger partial charge < -0.3 is 5.32 Å². The van der Waals surface area contributed by atoms with E-state index in [1.54, 1.807) is 34.0 Å². The number of hydrogen-bond donors (Lipinski definition) is 2. The lowest BCUT2D eigenvalue weighted by atomic mass is 10.1. The first-order valence-corrected chi connectivity index (χ1v) is 17.4. The van der Waals surface area contributed by atoms with E-state index in [4.69, 9.17) is 4.98 Å². The Labute approximate surface area is 291 Å². The number of pyridine rings is 1. The van der Waals surface area contributed by atoms with Gasteiger partial charge in [-0.2, -0.15) is 20.0 Å². The van der Waals surface area contributed by atoms with Gasteiger partial charge in [-0.25, -0.2) is 14.8 Å². The lowest BCUT2D eigenvalue weighted by Crippen LogP contribution is -2.31. The molecule has 2 fully saturated rings. The van der Waals surface area contributed by atoms with Gasteiger partial charge >= 0.3 is 6.03 Å². The Morgan fingerprint density at radius 1 is 0.980 bits per heavy atom. The Morgan fingerprint density at radius 3 is 2.52 bits per heavy atom. The summed E-state index contributed by atoms with van der Waals surface area (Å²) in [6.07, 6.45) is 19.0. The van der Waals surface area contributed by atoms with Crippen LogP contribution < -0.4 is 10.6 Å². The fraction of sp³-hybridized carbons (Fsp3) is 0.368. The van der Waals surface area contributed by atoms with E-state index >= 15 is 0 Å². The van der Waals surface area contributed by atoms with Crippen molar-refractivity contribution in [3.63, 3.8) is 0 Å². The molecule has 254 valence electrons. The molecule has 7 rings (SSSR count). The highest BCUT2D eigenvalue weighted by atomic mass is 16.2. The molecule has 2 aliphatic carbocycles. The van der Waals surface area contributed by atoms with E-state index in [2.05, 4.69) is 43.8 Å². The second kappa shape index (κ2) is 14.8. The molecule has 4 heterocycles. The van der Waals surface area contributed by atoms with Crippen LogP contribution in [0.3, 0.4) is 0 Å². The summed E-state index contributed by atoms with van der Waals surface area (Å²) >= 11 is 0. The molecule has 0 saturated heterocycles. The van der Waals surface area contributed by atoms with Crippen molar-refractivity contribution in [1.29, 1.82) is 5.26 Å². The molecule has 2 saturated carbocycles. The van der Waals surface area contributed by atoms with Gasteiger partial charge in [0.2, 0.25) is 5.95 Å². The van der Waals surface area contributed by atoms with Crippen LogP contribution in [0.25, 0.3) is 22.4 Å². The number of urea groups is 1. The minimum atomic E-state index is -0.231. The zero-order valence-electron chi connectivity index (χ0n) is 28.5. The van der Waals surface area contributed by atoms with Gasteiger partial charge in [0.15, 0.2) is 0 Å². The Hall–Kier alpha value is -5.70. The minimum absolute atomic E-state index is 0.207. The van der Waals surface area contributed by atoms with Crippen molar-refractivity contribution in [1.82, 2.24) is 39.8 Å². The second-order valence-corrected chi connectivity index (χ2v) is 13.3. The number of aryl methyl sites for hydroxylation is 1. The van der Waals surface area contributed by atoms with Crippen molar-refractivity contribution in [2.75, 3.05) is 5.32 Å². The van der Waals surface area contributed by atoms with Gasteiger partial charge in [-0.15, -0.1) is 4.98 Å². The van der Waals surface area contributed by atoms with Crippen LogP contribution in [0.5, 0.6) is 0 Å². The van der Waals surface area contributed by atoms with Gasteiger partial charge in [-0.05, 0) is 61.5 Å². The number of hydrogen-bond acceptors (Lipinski definition) is 8. The summed E-state index contributed by atoms with van der Waals surface area (Å²) in [4.78, 5) is 27.5. The fourth-order valence-electron chi connectivity index (χ4n) is 6.64. The molecule has 1 aromatic carbocycles. The van der Waals surface area contributed by atoms with Gasteiger partial charge in [0.25, 0.3) is 5.82 Å². The van der Waals surface area contributed by atoms with Crippen molar-refractivity contribution in [2.45, 2.75) is 64.6 Å². The zero-order chi connectivity index (χ0) is 34.5. The molecule has 4 aromatic heterocycles. The van der Waals surface area contributed by atoms with Crippen molar-refractivity contribution >= 4 is 24.0 Å². The molecule has 12 nitrogen and oxygen atoms in total. The van der Waals surface area contributed by atoms with Crippen LogP contribution in [0.2, 0.25) is 0 Å². The number of benzene rings is 1. The molecule has 12 heteroatoms. The minimum Gasteiger partial charge on any atom is -0.351 e. The first kappa shape index (κ1) is 32.8. The van der Waals surface area contributed by atoms with Crippen LogP contribution in [0, 0.1) is 29.1 Å². The Morgan fingerprint density at radius 2 is 1.80 bits per heavy atom. The van der Waals surface area contributed by atoms with Gasteiger partial charge in [-0.1, -0.05) is 43.7 Å². The van der Waals surface area contributed by atoms with E-state index in [0.29, 0.717) is 53.7 Å². The predicted molar refractivity (Wildman–Crippen MR) is 190 cm³/mol. The predicted octanol–water partition coefficient (Wildman–Crippen LogP) is 6.35. The van der Waals surface area contributed by atoms with Gasteiger partial charge in [-0.3, -0.25) is 14.7 Å². The number of nitriles is 1. The molecule has 0 radical (unpaired) electrons. The average molecular weight is 669 g/mol. The number of amides is 2. The number of anilines is 1. The molecule has 5 aromatic rings. The summed E-state index contributed by atoms with van der Waals surface area (Å²) in [5.74, 6) is 2.63. The Balaban J connectivity index is 1.05. The molecule has 2 aliphatic rings. The summed E-state index contributed by atoms with van der Waals surface area (Å²) in [5, 5.41) is 25.2. The normalized spacial score (nSPS) is 18.4. The third-order valence-corrected chi connectivity index (χ3v) is 9.56. The topological polar surface area (TPSA) is 142 Å². The number of aromatic nitrogens is 7. The maximum atomic E-state index is 13.6. The average Bonchev–Trinajstić information content (AvgIpc) is 3.95. The monoisotopic (exact) mass is 668 g/mol. The van der Waals surface area contributed by atoms with Crippen LogP contribution in [0.1, 0.15) is 56.6 Å². The quantitative estimate of drug-likeness (QED) is 0.103. The molecular formula is C38H42N11O+. The highest BCUT2D eigenvalue weighted by Gasteiger charge is 2.49. The lowest BCUT2D eigenvalue weighted by molar-refractivity contribution is -0.334. The molecule has 0 bridgehead atoms. The molecule has 2 N–H and O–H groups in total. The van der Waals surface area contributed by atoms with Crippen LogP contribution in [0.15, 0.2) is 79.6 Å². The van der Waals surface area contributed by atoms with E-state index in [-0.39, 0.29) is 12.1 Å². The maximum absolute atomic E-state index is 13.6. The molecule has 0 spiro atoms. The number of rotatable bonds is 14. The van der Waals surface area contributed by atoms with E-state index < -0.39 is 0 Å². The standard InChI is InChI=1S/C38H41N11O/c1-3-8-32-33(36(32)46-37-41-20-29(17-39)35(45-37)31-22-44-48(25-31)23-27-12-13-27)11-7-16-49(38(50)42-18-26-9-5-4-6-10-26)34-15-14-28(19-40-34)30-21-43-47(2)24-30/h4-6,9-10,14-16,19-22,24-25,27,32-33,36H,3,7-8,11-13,18,23H2,1-2H3,(H-,41,42,45,46,50)/p+1/b49-16-/t32?,33?,36-/m1/s1. The van der Waals surface area contributed by atoms with Crippen molar-refractivity contribution in [3.8, 4) is 28.5 Å². The van der Waals surface area contributed by atoms with Gasteiger partial charge in [0.05, 0.1) is 42.6 Å². The molecule has 50 heavy (non-hydrogen) atoms. The number of nitrogens with one attached hydrogen (secondary N) is 2. The van der Waals surface area contributed by atoms with Crippen LogP contribution in [-0.2, 0) is 20.1 Å². The first-order chi connectivity index (χ1) is 24.5. The fourth-order valence-corrected chi connectivity index (χ4v) is 6.64. The molecule has 2 unspecified atom stereocenters. The Kier molecular flexibility index (Phi) is 9.73. The van der Waals surface area contributed by atoms with E-state index in [0.717, 1.165) is 48.1 Å². The van der Waals surface area contributed by atoms with Gasteiger partial charge in [0, 0.05) is 54.8 Å². The van der Waals surface area contributed by atoms with Crippen molar-refractivity contribution in [3.05, 3.63) is 90.8 Å². The summed E-state index contributed by atoms with van der Waals surface area (Å²) in [7, 11) is 1.88. The van der Waals surface area contributed by atoms with E-state index in [1.807, 2.05) is 72.8 Å². The lowest BCUT2D eigenvalue weighted by Gasteiger charge is -2.08. The van der Waals surface area contributed by atoms with Crippen LogP contribution >= 0.6 is 0 Å². The number of carbonyl (C=O) groups excluding carboxylic acids is 1. The molecule has 0 aliphatic heterocycles. The summed E-state index contributed by atoms with van der Waals surface area (Å²) in [6.45, 7) is 3.52. The van der Waals surface area contributed by atoms with Crippen LogP contribution in [0.4, 0.5) is 16.6 Å². The second-order valence-electron chi connectivity index (χ2n) is 13.3. The zero-order valence-corrected chi connectivity index (χ0v) is 28.5. The third kappa shape index (κ3) is 7.78. The maximum Gasteiger partial charge on any atom is 0.441 e.